The second kappa shape index (κ2) is 26.1. The first kappa shape index (κ1) is 49.3. The number of alkyl halides is 3. The van der Waals surface area contributed by atoms with E-state index in [2.05, 4.69) is 31.1 Å². The number of hydrogen-bond donors (Lipinski definition) is 3. The van der Waals surface area contributed by atoms with Gasteiger partial charge in [0, 0.05) is 56.8 Å². The number of ether oxygens (including phenoxy) is 1. The van der Waals surface area contributed by atoms with Crippen molar-refractivity contribution in [2.24, 2.45) is 23.7 Å². The van der Waals surface area contributed by atoms with E-state index in [1.807, 2.05) is 31.0 Å². The maximum Gasteiger partial charge on any atom is 0.471 e. The van der Waals surface area contributed by atoms with Crippen LogP contribution in [0.25, 0.3) is 11.3 Å². The predicted molar refractivity (Wildman–Crippen MR) is 199 cm³/mol. The van der Waals surface area contributed by atoms with Crippen molar-refractivity contribution < 1.29 is 47.3 Å². The van der Waals surface area contributed by atoms with Crippen LogP contribution in [0.4, 0.5) is 18.9 Å². The summed E-state index contributed by atoms with van der Waals surface area (Å²) in [6, 6.07) is 6.16. The topological polar surface area (TPSA) is 164 Å². The van der Waals surface area contributed by atoms with E-state index in [4.69, 9.17) is 9.84 Å². The van der Waals surface area contributed by atoms with Gasteiger partial charge in [0.05, 0.1) is 25.0 Å². The van der Waals surface area contributed by atoms with Crippen LogP contribution in [0.1, 0.15) is 93.9 Å². The lowest BCUT2D eigenvalue weighted by molar-refractivity contribution is -0.167. The first-order chi connectivity index (χ1) is 24.9. The van der Waals surface area contributed by atoms with Crippen molar-refractivity contribution in [2.75, 3.05) is 25.6 Å². The summed E-state index contributed by atoms with van der Waals surface area (Å²) >= 11 is 0. The highest BCUT2D eigenvalue weighted by Crippen LogP contribution is 2.24. The molecule has 1 heterocycles. The molecule has 12 nitrogen and oxygen atoms in total. The van der Waals surface area contributed by atoms with Gasteiger partial charge in [0.1, 0.15) is 18.3 Å². The number of nitrogens with one attached hydrogen (secondary N) is 1. The van der Waals surface area contributed by atoms with E-state index in [0.717, 1.165) is 44.7 Å². The lowest BCUT2D eigenvalue weighted by atomic mass is 9.86. The summed E-state index contributed by atoms with van der Waals surface area (Å²) in [6.07, 6.45) is 2.70. The third-order valence-electron chi connectivity index (χ3n) is 8.99. The number of methoxy groups -OCH3 is 1. The number of unbranched alkanes of at least 4 members (excludes halogenated alkanes) is 1. The molecule has 6 atom stereocenters. The summed E-state index contributed by atoms with van der Waals surface area (Å²) in [5, 5.41) is 28.1. The van der Waals surface area contributed by atoms with Gasteiger partial charge in [-0.1, -0.05) is 58.9 Å². The predicted octanol–water partition coefficient (Wildman–Crippen LogP) is 6.35. The first-order valence-corrected chi connectivity index (χ1v) is 18.2. The van der Waals surface area contributed by atoms with Crippen molar-refractivity contribution in [3.05, 3.63) is 30.5 Å². The maximum absolute atomic E-state index is 12.4. The van der Waals surface area contributed by atoms with Gasteiger partial charge < -0.3 is 34.8 Å². The molecule has 0 saturated heterocycles. The number of aryl methyl sites for hydroxylation is 1. The molecular weight excluding hydrogens is 695 g/mol. The van der Waals surface area contributed by atoms with E-state index in [9.17, 15) is 37.5 Å². The number of carbonyl (C=O) groups is 4. The van der Waals surface area contributed by atoms with Crippen molar-refractivity contribution in [3.63, 3.8) is 0 Å². The Morgan fingerprint density at radius 2 is 1.75 bits per heavy atom. The molecule has 0 spiro atoms. The minimum absolute atomic E-state index is 0.0259. The molecule has 2 aromatic rings. The zero-order chi connectivity index (χ0) is 40.7. The second-order valence-electron chi connectivity index (χ2n) is 13.8. The van der Waals surface area contributed by atoms with E-state index in [1.165, 1.54) is 18.2 Å². The molecule has 0 aliphatic rings. The number of aliphatic hydroxyl groups is 2. The van der Waals surface area contributed by atoms with Gasteiger partial charge in [-0.15, -0.1) is 5.10 Å². The number of aromatic nitrogens is 3. The Labute approximate surface area is 312 Å². The number of aliphatic hydroxyl groups excluding tert-OH is 2. The van der Waals surface area contributed by atoms with Crippen molar-refractivity contribution in [1.29, 1.82) is 0 Å². The van der Waals surface area contributed by atoms with E-state index in [0.29, 0.717) is 42.6 Å². The van der Waals surface area contributed by atoms with E-state index in [1.54, 1.807) is 37.9 Å². The minimum Gasteiger partial charge on any atom is -0.394 e. The maximum atomic E-state index is 12.4. The standard InChI is InChI=1S/C21H28F3N5O2.C12H22O3.C5H12O2/c1-14(2)15(3)29(16(4)30)11-6-5-10-28-13-19(26-27-28)17-8-7-9-18(12-17)25-20(31)21(22,23)24;1-9(5-4-6-13)7-10(2)12(15)11(3)8-14;1-3-5(4-6)7-2/h7-9,12-15H,5-6,10-11H2,1-4H3,(H,25,31);6,8-12,15H,4-5,7H2,1-3H3;5-6H,3-4H2,1-2H3. The average molecular weight is 758 g/mol. The molecule has 0 saturated carbocycles. The monoisotopic (exact) mass is 757 g/mol. The van der Waals surface area contributed by atoms with Crippen LogP contribution in [-0.2, 0) is 30.5 Å². The molecule has 0 aliphatic carbocycles. The molecular formula is C38H62F3N5O7. The number of hydrogen-bond acceptors (Lipinski definition) is 9. The molecule has 302 valence electrons. The van der Waals surface area contributed by atoms with Crippen LogP contribution in [0.15, 0.2) is 30.5 Å². The quantitative estimate of drug-likeness (QED) is 0.103. The van der Waals surface area contributed by atoms with Gasteiger partial charge in [0.15, 0.2) is 0 Å². The number of rotatable bonds is 20. The molecule has 15 heteroatoms. The smallest absolute Gasteiger partial charge is 0.394 e. The van der Waals surface area contributed by atoms with Crippen LogP contribution in [-0.4, -0.2) is 99.2 Å². The zero-order valence-electron chi connectivity index (χ0n) is 32.8. The Hall–Kier alpha value is -3.69. The van der Waals surface area contributed by atoms with Gasteiger partial charge in [0.2, 0.25) is 5.91 Å². The van der Waals surface area contributed by atoms with Gasteiger partial charge >= 0.3 is 12.1 Å². The third-order valence-corrected chi connectivity index (χ3v) is 8.99. The lowest BCUT2D eigenvalue weighted by Crippen LogP contribution is -2.40. The molecule has 3 N–H and O–H groups in total. The van der Waals surface area contributed by atoms with Crippen molar-refractivity contribution in [2.45, 2.75) is 125 Å². The van der Waals surface area contributed by atoms with Crippen LogP contribution in [0.2, 0.25) is 0 Å². The Bertz CT molecular complexity index is 1330. The summed E-state index contributed by atoms with van der Waals surface area (Å²) in [5.41, 5.74) is 1.06. The summed E-state index contributed by atoms with van der Waals surface area (Å²) < 4.78 is 43.7. The first-order valence-electron chi connectivity index (χ1n) is 18.2. The van der Waals surface area contributed by atoms with Crippen LogP contribution in [0, 0.1) is 23.7 Å². The highest BCUT2D eigenvalue weighted by molar-refractivity contribution is 5.95. The number of aldehydes is 2. The highest BCUT2D eigenvalue weighted by atomic mass is 19.4. The summed E-state index contributed by atoms with van der Waals surface area (Å²) in [4.78, 5) is 45.5. The fourth-order valence-corrected chi connectivity index (χ4v) is 5.28. The van der Waals surface area contributed by atoms with Crippen LogP contribution < -0.4 is 5.32 Å². The van der Waals surface area contributed by atoms with Gasteiger partial charge in [-0.25, -0.2) is 0 Å². The molecule has 0 bridgehead atoms. The van der Waals surface area contributed by atoms with Gasteiger partial charge in [-0.05, 0) is 68.9 Å². The third kappa shape index (κ3) is 19.8. The number of amides is 2. The molecule has 1 aromatic heterocycles. The molecule has 2 rings (SSSR count). The number of carbonyl (C=O) groups excluding carboxylic acids is 4. The fourth-order valence-electron chi connectivity index (χ4n) is 5.28. The van der Waals surface area contributed by atoms with Gasteiger partial charge in [-0.3, -0.25) is 14.3 Å². The van der Waals surface area contributed by atoms with Crippen LogP contribution in [0.5, 0.6) is 0 Å². The molecule has 53 heavy (non-hydrogen) atoms. The summed E-state index contributed by atoms with van der Waals surface area (Å²) in [7, 11) is 1.60. The Kier molecular flexibility index (Phi) is 24.3. The Morgan fingerprint density at radius 3 is 2.25 bits per heavy atom. The Balaban J connectivity index is 0.00000102. The van der Waals surface area contributed by atoms with Crippen LogP contribution >= 0.6 is 0 Å². The minimum atomic E-state index is -4.95. The zero-order valence-corrected chi connectivity index (χ0v) is 32.8. The highest BCUT2D eigenvalue weighted by Gasteiger charge is 2.38. The Morgan fingerprint density at radius 1 is 1.09 bits per heavy atom. The number of anilines is 1. The summed E-state index contributed by atoms with van der Waals surface area (Å²) in [5.74, 6) is -1.39. The molecule has 0 fully saturated rings. The lowest BCUT2D eigenvalue weighted by Gasteiger charge is -2.31. The molecule has 0 radical (unpaired) electrons. The van der Waals surface area contributed by atoms with E-state index in [-0.39, 0.29) is 42.2 Å². The molecule has 6 unspecified atom stereocenters. The van der Waals surface area contributed by atoms with Gasteiger partial charge in [0.25, 0.3) is 0 Å². The fraction of sp³-hybridized carbons (Fsp3) is 0.684. The van der Waals surface area contributed by atoms with E-state index >= 15 is 0 Å². The molecule has 2 amide bonds. The number of benzene rings is 1. The average Bonchev–Trinajstić information content (AvgIpc) is 3.59. The van der Waals surface area contributed by atoms with Crippen molar-refractivity contribution >= 4 is 30.1 Å². The second-order valence-corrected chi connectivity index (χ2v) is 13.8. The number of halogens is 3. The number of nitrogens with zero attached hydrogens (tertiary/aromatic N) is 4. The van der Waals surface area contributed by atoms with Gasteiger partial charge in [-0.2, -0.15) is 13.2 Å². The SMILES string of the molecule is CC(=O)N(CCCCn1cc(-c2cccc(NC(=O)C(F)(F)F)c2)nn1)C(C)C(C)C.CC(CCC=O)CC(C)C(O)C(C)C=O.CCC(CO)OC. The van der Waals surface area contributed by atoms with E-state index < -0.39 is 18.2 Å². The van der Waals surface area contributed by atoms with Crippen molar-refractivity contribution in [1.82, 2.24) is 19.9 Å². The largest absolute Gasteiger partial charge is 0.471 e. The normalized spacial score (nSPS) is 14.6. The molecule has 0 aliphatic heterocycles. The molecule has 1 aromatic carbocycles. The summed E-state index contributed by atoms with van der Waals surface area (Å²) in [6.45, 7) is 16.9. The van der Waals surface area contributed by atoms with Crippen molar-refractivity contribution in [3.8, 4) is 11.3 Å². The van der Waals surface area contributed by atoms with Crippen LogP contribution in [0.3, 0.4) is 0 Å².